The van der Waals surface area contributed by atoms with Crippen LogP contribution in [0.3, 0.4) is 0 Å². The second-order valence-electron chi connectivity index (χ2n) is 5.41. The van der Waals surface area contributed by atoms with Gasteiger partial charge in [-0.05, 0) is 37.1 Å². The first-order valence-corrected chi connectivity index (χ1v) is 7.19. The van der Waals surface area contributed by atoms with Gasteiger partial charge in [0.15, 0.2) is 5.60 Å². The van der Waals surface area contributed by atoms with Crippen LogP contribution in [0.15, 0.2) is 30.5 Å². The topological polar surface area (TPSA) is 79.5 Å². The molecule has 1 fully saturated rings. The third kappa shape index (κ3) is 2.54. The fourth-order valence-corrected chi connectivity index (χ4v) is 2.99. The summed E-state index contributed by atoms with van der Waals surface area (Å²) in [5, 5.41) is 11.9. The largest absolute Gasteiger partial charge is 0.378 e. The number of fused-ring (bicyclic) bond motifs is 1. The van der Waals surface area contributed by atoms with Gasteiger partial charge in [0.05, 0.1) is 12.1 Å². The number of β-amino-alcohol motifs (C(OH)–C–C–N with tert-alkyl or cyclic N) is 1. The number of anilines is 1. The van der Waals surface area contributed by atoms with Gasteiger partial charge in [0, 0.05) is 28.8 Å². The number of hydrogen-bond acceptors (Lipinski definition) is 4. The van der Waals surface area contributed by atoms with E-state index >= 15 is 0 Å². The Balaban J connectivity index is 2.02. The molecule has 1 atom stereocenters. The van der Waals surface area contributed by atoms with E-state index < -0.39 is 11.5 Å². The number of carbonyl (C=O) groups excluding carboxylic acids is 1. The van der Waals surface area contributed by atoms with Crippen molar-refractivity contribution in [3.63, 3.8) is 0 Å². The number of rotatable bonds is 2. The van der Waals surface area contributed by atoms with Crippen LogP contribution in [-0.4, -0.2) is 34.7 Å². The molecule has 1 aromatic carbocycles. The van der Waals surface area contributed by atoms with E-state index in [4.69, 9.17) is 17.3 Å². The van der Waals surface area contributed by atoms with E-state index in [2.05, 4.69) is 4.98 Å². The smallest absolute Gasteiger partial charge is 0.251 e. The third-order valence-electron chi connectivity index (χ3n) is 3.95. The molecule has 3 N–H and O–H groups in total. The molecule has 2 aromatic rings. The zero-order valence-corrected chi connectivity index (χ0v) is 12.2. The van der Waals surface area contributed by atoms with Gasteiger partial charge >= 0.3 is 0 Å². The van der Waals surface area contributed by atoms with Gasteiger partial charge in [0.1, 0.15) is 0 Å². The van der Waals surface area contributed by atoms with Crippen molar-refractivity contribution in [3.05, 3.63) is 35.5 Å². The molecule has 1 amide bonds. The Bertz CT molecular complexity index is 706. The maximum atomic E-state index is 11.5. The Labute approximate surface area is 127 Å². The quantitative estimate of drug-likeness (QED) is 0.885. The van der Waals surface area contributed by atoms with Crippen LogP contribution in [0.4, 0.5) is 5.69 Å². The molecular formula is C15H16ClN3O2. The van der Waals surface area contributed by atoms with Crippen LogP contribution in [0.1, 0.15) is 12.8 Å². The number of pyridine rings is 1. The summed E-state index contributed by atoms with van der Waals surface area (Å²) in [5.41, 5.74) is 5.57. The molecule has 110 valence electrons. The van der Waals surface area contributed by atoms with E-state index in [1.165, 1.54) is 0 Å². The Morgan fingerprint density at radius 1 is 1.43 bits per heavy atom. The van der Waals surface area contributed by atoms with Crippen molar-refractivity contribution in [3.8, 4) is 0 Å². The summed E-state index contributed by atoms with van der Waals surface area (Å²) in [7, 11) is 0. The molecule has 1 aliphatic rings. The van der Waals surface area contributed by atoms with Crippen molar-refractivity contribution in [2.24, 2.45) is 5.73 Å². The van der Waals surface area contributed by atoms with Gasteiger partial charge in [-0.1, -0.05) is 11.6 Å². The van der Waals surface area contributed by atoms with Gasteiger partial charge in [-0.25, -0.2) is 0 Å². The molecule has 0 unspecified atom stereocenters. The number of piperidine rings is 1. The average molecular weight is 306 g/mol. The highest BCUT2D eigenvalue weighted by Gasteiger charge is 2.39. The zero-order chi connectivity index (χ0) is 15.0. The molecule has 6 heteroatoms. The van der Waals surface area contributed by atoms with Crippen molar-refractivity contribution in [2.45, 2.75) is 18.4 Å². The molecule has 2 heterocycles. The van der Waals surface area contributed by atoms with E-state index in [-0.39, 0.29) is 6.54 Å². The molecule has 0 spiro atoms. The van der Waals surface area contributed by atoms with Crippen LogP contribution in [0, 0.1) is 0 Å². The van der Waals surface area contributed by atoms with Gasteiger partial charge in [-0.2, -0.15) is 0 Å². The Morgan fingerprint density at radius 2 is 2.24 bits per heavy atom. The summed E-state index contributed by atoms with van der Waals surface area (Å²) in [6, 6.07) is 7.38. The Hall–Kier alpha value is -1.85. The van der Waals surface area contributed by atoms with Gasteiger partial charge in [-0.15, -0.1) is 0 Å². The maximum Gasteiger partial charge on any atom is 0.251 e. The molecule has 0 radical (unpaired) electrons. The molecule has 1 aliphatic heterocycles. The number of nitrogens with two attached hydrogens (primary N) is 1. The summed E-state index contributed by atoms with van der Waals surface area (Å²) < 4.78 is 0. The standard InChI is InChI=1S/C15H16ClN3O2/c16-10-2-3-11-12(8-10)18-6-4-13(11)19-7-1-5-15(21,9-19)14(17)20/h2-4,6,8,21H,1,5,7,9H2,(H2,17,20)/t15-/m1/s1. The molecule has 0 aliphatic carbocycles. The minimum absolute atomic E-state index is 0.198. The minimum Gasteiger partial charge on any atom is -0.378 e. The predicted octanol–water partition coefficient (Wildman–Crippen LogP) is 1.70. The van der Waals surface area contributed by atoms with Crippen molar-refractivity contribution >= 4 is 34.1 Å². The fraction of sp³-hybridized carbons (Fsp3) is 0.333. The van der Waals surface area contributed by atoms with Crippen molar-refractivity contribution in [1.82, 2.24) is 4.98 Å². The maximum absolute atomic E-state index is 11.5. The molecule has 1 saturated heterocycles. The summed E-state index contributed by atoms with van der Waals surface area (Å²) in [4.78, 5) is 17.8. The number of primary amides is 1. The average Bonchev–Trinajstić information content (AvgIpc) is 2.46. The molecular weight excluding hydrogens is 290 g/mol. The highest BCUT2D eigenvalue weighted by atomic mass is 35.5. The van der Waals surface area contributed by atoms with Gasteiger partial charge in [0.25, 0.3) is 5.91 Å². The predicted molar refractivity (Wildman–Crippen MR) is 82.3 cm³/mol. The highest BCUT2D eigenvalue weighted by Crippen LogP contribution is 2.31. The SMILES string of the molecule is NC(=O)[C@@]1(O)CCCN(c2ccnc3cc(Cl)ccc23)C1. The molecule has 0 bridgehead atoms. The number of amides is 1. The number of carbonyl (C=O) groups is 1. The summed E-state index contributed by atoms with van der Waals surface area (Å²) in [6.07, 6.45) is 2.80. The number of aliphatic hydroxyl groups is 1. The molecule has 5 nitrogen and oxygen atoms in total. The van der Waals surface area contributed by atoms with Gasteiger partial charge in [-0.3, -0.25) is 9.78 Å². The minimum atomic E-state index is -1.47. The second-order valence-corrected chi connectivity index (χ2v) is 5.85. The number of aromatic nitrogens is 1. The third-order valence-corrected chi connectivity index (χ3v) is 4.19. The second kappa shape index (κ2) is 5.16. The van der Waals surface area contributed by atoms with Gasteiger partial charge in [0.2, 0.25) is 0 Å². The normalized spacial score (nSPS) is 22.5. The molecule has 0 saturated carbocycles. The zero-order valence-electron chi connectivity index (χ0n) is 11.4. The van der Waals surface area contributed by atoms with Crippen molar-refractivity contribution in [2.75, 3.05) is 18.0 Å². The fourth-order valence-electron chi connectivity index (χ4n) is 2.82. The first-order valence-electron chi connectivity index (χ1n) is 6.81. The first kappa shape index (κ1) is 14.1. The number of benzene rings is 1. The lowest BCUT2D eigenvalue weighted by Gasteiger charge is -2.38. The highest BCUT2D eigenvalue weighted by molar-refractivity contribution is 6.31. The van der Waals surface area contributed by atoms with Crippen LogP contribution in [0.2, 0.25) is 5.02 Å². The van der Waals surface area contributed by atoms with E-state index in [0.29, 0.717) is 17.9 Å². The first-order chi connectivity index (χ1) is 9.99. The Kier molecular flexibility index (Phi) is 3.47. The number of halogens is 1. The molecule has 1 aromatic heterocycles. The molecule has 3 rings (SSSR count). The summed E-state index contributed by atoms with van der Waals surface area (Å²) >= 11 is 5.99. The number of nitrogens with zero attached hydrogens (tertiary/aromatic N) is 2. The van der Waals surface area contributed by atoms with Crippen LogP contribution in [0.25, 0.3) is 10.9 Å². The van der Waals surface area contributed by atoms with Crippen molar-refractivity contribution < 1.29 is 9.90 Å². The van der Waals surface area contributed by atoms with Crippen molar-refractivity contribution in [1.29, 1.82) is 0 Å². The van der Waals surface area contributed by atoms with Crippen LogP contribution in [0.5, 0.6) is 0 Å². The lowest BCUT2D eigenvalue weighted by Crippen LogP contribution is -2.56. The monoisotopic (exact) mass is 305 g/mol. The van der Waals surface area contributed by atoms with E-state index in [9.17, 15) is 9.90 Å². The van der Waals surface area contributed by atoms with Gasteiger partial charge < -0.3 is 15.7 Å². The Morgan fingerprint density at radius 3 is 3.00 bits per heavy atom. The van der Waals surface area contributed by atoms with Crippen LogP contribution < -0.4 is 10.6 Å². The van der Waals surface area contributed by atoms with Crippen LogP contribution >= 0.6 is 11.6 Å². The van der Waals surface area contributed by atoms with E-state index in [0.717, 1.165) is 23.1 Å². The lowest BCUT2D eigenvalue weighted by atomic mass is 9.91. The van der Waals surface area contributed by atoms with Crippen LogP contribution in [-0.2, 0) is 4.79 Å². The van der Waals surface area contributed by atoms with E-state index in [1.54, 1.807) is 18.3 Å². The van der Waals surface area contributed by atoms with E-state index in [1.807, 2.05) is 17.0 Å². The molecule has 21 heavy (non-hydrogen) atoms. The summed E-state index contributed by atoms with van der Waals surface area (Å²) in [5.74, 6) is -0.673. The number of hydrogen-bond donors (Lipinski definition) is 2. The lowest BCUT2D eigenvalue weighted by molar-refractivity contribution is -0.137. The summed E-state index contributed by atoms with van der Waals surface area (Å²) in [6.45, 7) is 0.960.